The maximum Gasteiger partial charge on any atom is 0.249 e. The van der Waals surface area contributed by atoms with Gasteiger partial charge in [-0.2, -0.15) is 9.40 Å². The van der Waals surface area contributed by atoms with Gasteiger partial charge >= 0.3 is 0 Å². The highest BCUT2D eigenvalue weighted by molar-refractivity contribution is 7.91. The highest BCUT2D eigenvalue weighted by atomic mass is 32.2. The van der Waals surface area contributed by atoms with E-state index >= 15 is 0 Å². The van der Waals surface area contributed by atoms with Crippen LogP contribution in [0.4, 0.5) is 5.69 Å². The van der Waals surface area contributed by atoms with Gasteiger partial charge in [0.1, 0.15) is 11.4 Å². The van der Waals surface area contributed by atoms with Gasteiger partial charge in [0.05, 0.1) is 42.1 Å². The molecule has 2 aliphatic heterocycles. The monoisotopic (exact) mass is 496 g/mol. The fraction of sp³-hybridized carbons (Fsp3) is 0.524. The maximum atomic E-state index is 13.4. The molecule has 0 N–H and O–H groups in total. The number of sulfonamides is 1. The molecule has 3 heterocycles. The molecule has 1 amide bonds. The average molecular weight is 497 g/mol. The summed E-state index contributed by atoms with van der Waals surface area (Å²) in [5, 5.41) is 4.36. The normalized spacial score (nSPS) is 21.2. The summed E-state index contributed by atoms with van der Waals surface area (Å²) in [6, 6.07) is 8.45. The minimum atomic E-state index is -3.78. The Bertz CT molecular complexity index is 1240. The minimum absolute atomic E-state index is 0.0378. The van der Waals surface area contributed by atoms with Crippen molar-refractivity contribution in [2.75, 3.05) is 42.7 Å². The first-order valence-electron chi connectivity index (χ1n) is 10.8. The molecule has 10 nitrogen and oxygen atoms in total. The van der Waals surface area contributed by atoms with Gasteiger partial charge in [0.15, 0.2) is 9.84 Å². The molecule has 2 aliphatic rings. The summed E-state index contributed by atoms with van der Waals surface area (Å²) in [6.07, 6.45) is 0.358. The van der Waals surface area contributed by atoms with Crippen LogP contribution in [-0.4, -0.2) is 80.7 Å². The van der Waals surface area contributed by atoms with Crippen LogP contribution in [0.3, 0.4) is 0 Å². The average Bonchev–Trinajstić information content (AvgIpc) is 3.27. The number of morpholine rings is 1. The lowest BCUT2D eigenvalue weighted by Gasteiger charge is -2.28. The van der Waals surface area contributed by atoms with E-state index in [-0.39, 0.29) is 41.9 Å². The van der Waals surface area contributed by atoms with Crippen LogP contribution in [0.1, 0.15) is 17.8 Å². The Labute approximate surface area is 194 Å². The van der Waals surface area contributed by atoms with Crippen molar-refractivity contribution in [2.45, 2.75) is 37.8 Å². The molecule has 0 aliphatic carbocycles. The van der Waals surface area contributed by atoms with Crippen LogP contribution in [0.2, 0.25) is 0 Å². The molecule has 0 radical (unpaired) electrons. The first-order valence-corrected chi connectivity index (χ1v) is 14.1. The van der Waals surface area contributed by atoms with Gasteiger partial charge in [0.2, 0.25) is 15.9 Å². The van der Waals surface area contributed by atoms with Crippen molar-refractivity contribution >= 4 is 31.5 Å². The molecule has 2 saturated heterocycles. The molecule has 1 aromatic carbocycles. The summed E-state index contributed by atoms with van der Waals surface area (Å²) >= 11 is 0. The second-order valence-electron chi connectivity index (χ2n) is 8.33. The lowest BCUT2D eigenvalue weighted by Crippen LogP contribution is -2.43. The lowest BCUT2D eigenvalue weighted by molar-refractivity contribution is -0.119. The number of anilines is 1. The Morgan fingerprint density at radius 1 is 1.18 bits per heavy atom. The summed E-state index contributed by atoms with van der Waals surface area (Å²) in [4.78, 5) is 15.0. The zero-order valence-electron chi connectivity index (χ0n) is 18.7. The topological polar surface area (TPSA) is 119 Å². The number of hydrogen-bond donors (Lipinski definition) is 0. The third kappa shape index (κ3) is 4.84. The molecule has 2 fully saturated rings. The fourth-order valence-corrected chi connectivity index (χ4v) is 7.93. The van der Waals surface area contributed by atoms with Crippen LogP contribution in [0, 0.1) is 13.8 Å². The van der Waals surface area contributed by atoms with Gasteiger partial charge in [-0.25, -0.2) is 16.8 Å². The molecule has 1 aromatic heterocycles. The van der Waals surface area contributed by atoms with E-state index < -0.39 is 25.9 Å². The third-order valence-electron chi connectivity index (χ3n) is 6.04. The zero-order chi connectivity index (χ0) is 23.8. The smallest absolute Gasteiger partial charge is 0.249 e. The number of carbonyl (C=O) groups is 1. The molecule has 4 rings (SSSR count). The summed E-state index contributed by atoms with van der Waals surface area (Å²) in [6.45, 7) is 4.25. The molecule has 1 atom stereocenters. The number of hydrogen-bond acceptors (Lipinski definition) is 7. The molecular weight excluding hydrogens is 468 g/mol. The van der Waals surface area contributed by atoms with Gasteiger partial charge in [-0.05, 0) is 32.4 Å². The van der Waals surface area contributed by atoms with Crippen LogP contribution >= 0.6 is 0 Å². The first-order chi connectivity index (χ1) is 15.6. The van der Waals surface area contributed by atoms with Crippen molar-refractivity contribution in [3.8, 4) is 0 Å². The lowest BCUT2D eigenvalue weighted by atomic mass is 10.1. The van der Waals surface area contributed by atoms with Crippen molar-refractivity contribution in [2.24, 2.45) is 0 Å². The highest BCUT2D eigenvalue weighted by Crippen LogP contribution is 2.27. The van der Waals surface area contributed by atoms with E-state index in [0.29, 0.717) is 36.7 Å². The van der Waals surface area contributed by atoms with Gasteiger partial charge in [0, 0.05) is 18.8 Å². The molecule has 33 heavy (non-hydrogen) atoms. The number of amides is 1. The van der Waals surface area contributed by atoms with Gasteiger partial charge in [-0.3, -0.25) is 9.48 Å². The second-order valence-corrected chi connectivity index (χ2v) is 12.4. The number of rotatable bonds is 6. The van der Waals surface area contributed by atoms with Crippen molar-refractivity contribution < 1.29 is 26.4 Å². The number of aromatic nitrogens is 2. The predicted octanol–water partition coefficient (Wildman–Crippen LogP) is 0.741. The van der Waals surface area contributed by atoms with Gasteiger partial charge in [-0.15, -0.1) is 0 Å². The molecule has 0 bridgehead atoms. The van der Waals surface area contributed by atoms with Crippen LogP contribution in [0.25, 0.3) is 0 Å². The van der Waals surface area contributed by atoms with Crippen molar-refractivity contribution in [3.05, 3.63) is 41.7 Å². The van der Waals surface area contributed by atoms with E-state index in [9.17, 15) is 21.6 Å². The molecule has 12 heteroatoms. The number of para-hydroxylation sites is 1. The Balaban J connectivity index is 1.63. The summed E-state index contributed by atoms with van der Waals surface area (Å²) in [5.41, 5.74) is 1.30. The van der Waals surface area contributed by atoms with E-state index in [1.807, 2.05) is 6.07 Å². The zero-order valence-corrected chi connectivity index (χ0v) is 20.3. The number of aryl methyl sites for hydroxylation is 1. The second kappa shape index (κ2) is 9.16. The number of benzene rings is 1. The summed E-state index contributed by atoms with van der Waals surface area (Å²) in [7, 11) is -6.98. The fourth-order valence-electron chi connectivity index (χ4n) is 4.45. The number of carbonyl (C=O) groups excluding carboxylic acids is 1. The molecule has 0 spiro atoms. The third-order valence-corrected chi connectivity index (χ3v) is 9.95. The first kappa shape index (κ1) is 23.9. The molecule has 180 valence electrons. The van der Waals surface area contributed by atoms with E-state index in [1.165, 1.54) is 13.9 Å². The molecule has 0 saturated carbocycles. The Kier molecular flexibility index (Phi) is 6.63. The largest absolute Gasteiger partial charge is 0.379 e. The molecule has 0 unspecified atom stereocenters. The minimum Gasteiger partial charge on any atom is -0.379 e. The SMILES string of the molecule is Cc1nn(CC(=O)N(c2ccccc2)[C@@H]2CCS(=O)(=O)C2)c(C)c1S(=O)(=O)N1CCOCC1. The van der Waals surface area contributed by atoms with E-state index in [1.54, 1.807) is 38.1 Å². The van der Waals surface area contributed by atoms with E-state index in [4.69, 9.17) is 4.74 Å². The molecular formula is C21H28N4O6S2. The number of nitrogens with zero attached hydrogens (tertiary/aromatic N) is 4. The van der Waals surface area contributed by atoms with Crippen LogP contribution in [-0.2, 0) is 35.9 Å². The van der Waals surface area contributed by atoms with Crippen LogP contribution in [0.15, 0.2) is 35.2 Å². The van der Waals surface area contributed by atoms with E-state index in [2.05, 4.69) is 5.10 Å². The predicted molar refractivity (Wildman–Crippen MR) is 122 cm³/mol. The van der Waals surface area contributed by atoms with E-state index in [0.717, 1.165) is 0 Å². The van der Waals surface area contributed by atoms with Crippen molar-refractivity contribution in [1.82, 2.24) is 14.1 Å². The number of sulfone groups is 1. The van der Waals surface area contributed by atoms with Crippen LogP contribution < -0.4 is 4.90 Å². The molecule has 2 aromatic rings. The van der Waals surface area contributed by atoms with Gasteiger partial charge < -0.3 is 9.64 Å². The quantitative estimate of drug-likeness (QED) is 0.579. The Hall–Kier alpha value is -2.28. The maximum absolute atomic E-state index is 13.4. The summed E-state index contributed by atoms with van der Waals surface area (Å²) in [5.74, 6) is -0.401. The van der Waals surface area contributed by atoms with Crippen molar-refractivity contribution in [3.63, 3.8) is 0 Å². The van der Waals surface area contributed by atoms with Crippen molar-refractivity contribution in [1.29, 1.82) is 0 Å². The van der Waals surface area contributed by atoms with Gasteiger partial charge in [0.25, 0.3) is 0 Å². The van der Waals surface area contributed by atoms with Crippen LogP contribution in [0.5, 0.6) is 0 Å². The number of ether oxygens (including phenoxy) is 1. The Morgan fingerprint density at radius 3 is 2.45 bits per heavy atom. The van der Waals surface area contributed by atoms with Gasteiger partial charge in [-0.1, -0.05) is 18.2 Å². The summed E-state index contributed by atoms with van der Waals surface area (Å²) < 4.78 is 58.6. The Morgan fingerprint density at radius 2 is 1.85 bits per heavy atom. The standard InChI is InChI=1S/C21H28N4O6S2/c1-16-21(33(29,30)23-9-11-31-12-10-23)17(2)24(22-16)14-20(26)25(18-6-4-3-5-7-18)19-8-13-32(27,28)15-19/h3-7,19H,8-15H2,1-2H3/t19-/m1/s1. The highest BCUT2D eigenvalue weighted by Gasteiger charge is 2.37.